The van der Waals surface area contributed by atoms with E-state index < -0.39 is 15.9 Å². The maximum Gasteiger partial charge on any atom is 0.295 e. The molecule has 0 aliphatic carbocycles. The zero-order valence-corrected chi connectivity index (χ0v) is 18.5. The number of likely N-dealkylation sites (N-methyl/N-ethyl adjacent to an activating group) is 1. The number of piperazine rings is 1. The number of hydrogen-bond donors (Lipinski definition) is 1. The number of aromatic nitrogens is 3. The fraction of sp³-hybridized carbons (Fsp3) is 0.286. The number of nitrogens with one attached hydrogen (secondary N) is 1. The van der Waals surface area contributed by atoms with Crippen molar-refractivity contribution in [3.05, 3.63) is 66.0 Å². The summed E-state index contributed by atoms with van der Waals surface area (Å²) >= 11 is 0. The second kappa shape index (κ2) is 8.77. The highest BCUT2D eigenvalue weighted by molar-refractivity contribution is 7.89. The smallest absolute Gasteiger partial charge is 0.295 e. The number of carbonyl (C=O) groups is 1. The first-order valence-electron chi connectivity index (χ1n) is 10.0. The van der Waals surface area contributed by atoms with Crippen molar-refractivity contribution in [3.8, 4) is 5.69 Å². The molecule has 2 heterocycles. The van der Waals surface area contributed by atoms with E-state index >= 15 is 0 Å². The number of sulfonamides is 1. The quantitative estimate of drug-likeness (QED) is 0.627. The summed E-state index contributed by atoms with van der Waals surface area (Å²) in [4.78, 5) is 19.0. The van der Waals surface area contributed by atoms with Gasteiger partial charge in [0, 0.05) is 31.9 Å². The first-order valence-corrected chi connectivity index (χ1v) is 11.5. The van der Waals surface area contributed by atoms with Crippen LogP contribution in [-0.2, 0) is 10.0 Å². The molecule has 4 rings (SSSR count). The minimum atomic E-state index is -3.66. The van der Waals surface area contributed by atoms with E-state index in [1.54, 1.807) is 19.1 Å². The molecular weight excluding hydrogens is 435 g/mol. The molecule has 1 amide bonds. The molecule has 0 saturated carbocycles. The zero-order valence-electron chi connectivity index (χ0n) is 17.7. The predicted octanol–water partition coefficient (Wildman–Crippen LogP) is 1.90. The van der Waals surface area contributed by atoms with E-state index in [1.165, 1.54) is 45.4 Å². The van der Waals surface area contributed by atoms with Crippen LogP contribution in [0.1, 0.15) is 16.4 Å². The van der Waals surface area contributed by atoms with Crippen molar-refractivity contribution in [1.82, 2.24) is 24.0 Å². The highest BCUT2D eigenvalue weighted by Gasteiger charge is 2.27. The number of anilines is 1. The lowest BCUT2D eigenvalue weighted by atomic mass is 10.3. The van der Waals surface area contributed by atoms with E-state index in [9.17, 15) is 17.6 Å². The second-order valence-corrected chi connectivity index (χ2v) is 9.50. The third-order valence-electron chi connectivity index (χ3n) is 5.24. The Balaban J connectivity index is 1.52. The first-order chi connectivity index (χ1) is 15.2. The molecule has 0 unspecified atom stereocenters. The number of amides is 1. The van der Waals surface area contributed by atoms with Gasteiger partial charge in [0.05, 0.1) is 10.6 Å². The number of carbonyl (C=O) groups excluding carboxylic acids is 1. The highest BCUT2D eigenvalue weighted by Crippen LogP contribution is 2.21. The summed E-state index contributed by atoms with van der Waals surface area (Å²) < 4.78 is 42.0. The van der Waals surface area contributed by atoms with E-state index in [0.29, 0.717) is 43.4 Å². The van der Waals surface area contributed by atoms with E-state index in [1.807, 2.05) is 7.05 Å². The van der Waals surface area contributed by atoms with E-state index in [0.717, 1.165) is 0 Å². The lowest BCUT2D eigenvalue weighted by Crippen LogP contribution is -2.47. The molecule has 32 heavy (non-hydrogen) atoms. The van der Waals surface area contributed by atoms with Crippen molar-refractivity contribution in [1.29, 1.82) is 0 Å². The van der Waals surface area contributed by atoms with Crippen LogP contribution in [0.5, 0.6) is 0 Å². The molecule has 168 valence electrons. The van der Waals surface area contributed by atoms with Gasteiger partial charge < -0.3 is 10.2 Å². The van der Waals surface area contributed by atoms with Gasteiger partial charge in [0.15, 0.2) is 0 Å². The van der Waals surface area contributed by atoms with Crippen molar-refractivity contribution < 1.29 is 17.6 Å². The second-order valence-electron chi connectivity index (χ2n) is 7.56. The van der Waals surface area contributed by atoms with Gasteiger partial charge >= 0.3 is 0 Å². The highest BCUT2D eigenvalue weighted by atomic mass is 32.2. The van der Waals surface area contributed by atoms with Crippen LogP contribution in [-0.4, -0.2) is 71.5 Å². The SMILES string of the molecule is Cc1nc(C(=O)Nc2cccc(S(=O)(=O)N3CCN(C)CC3)c2)nn1-c1ccc(F)cc1. The molecule has 2 aromatic carbocycles. The molecule has 9 nitrogen and oxygen atoms in total. The van der Waals surface area contributed by atoms with Crippen molar-refractivity contribution in [3.63, 3.8) is 0 Å². The Bertz CT molecular complexity index is 1230. The Morgan fingerprint density at radius 1 is 1.06 bits per heavy atom. The van der Waals surface area contributed by atoms with Gasteiger partial charge in [-0.1, -0.05) is 6.07 Å². The van der Waals surface area contributed by atoms with Crippen LogP contribution in [0.2, 0.25) is 0 Å². The number of halogens is 1. The van der Waals surface area contributed by atoms with Crippen LogP contribution >= 0.6 is 0 Å². The van der Waals surface area contributed by atoms with Gasteiger partial charge in [0.25, 0.3) is 5.91 Å². The average Bonchev–Trinajstić information content (AvgIpc) is 3.16. The van der Waals surface area contributed by atoms with Gasteiger partial charge in [0.2, 0.25) is 15.8 Å². The number of rotatable bonds is 5. The largest absolute Gasteiger partial charge is 0.319 e. The van der Waals surface area contributed by atoms with Gasteiger partial charge in [-0.2, -0.15) is 4.31 Å². The van der Waals surface area contributed by atoms with Gasteiger partial charge in [-0.05, 0) is 56.4 Å². The molecule has 1 aromatic heterocycles. The number of benzene rings is 2. The average molecular weight is 459 g/mol. The summed E-state index contributed by atoms with van der Waals surface area (Å²) in [6, 6.07) is 11.8. The lowest BCUT2D eigenvalue weighted by Gasteiger charge is -2.31. The number of hydrogen-bond acceptors (Lipinski definition) is 6. The van der Waals surface area contributed by atoms with Crippen molar-refractivity contribution in [2.45, 2.75) is 11.8 Å². The van der Waals surface area contributed by atoms with Gasteiger partial charge in [-0.15, -0.1) is 5.10 Å². The fourth-order valence-electron chi connectivity index (χ4n) is 3.41. The third-order valence-corrected chi connectivity index (χ3v) is 7.13. The van der Waals surface area contributed by atoms with Crippen molar-refractivity contribution >= 4 is 21.6 Å². The van der Waals surface area contributed by atoms with Crippen LogP contribution in [0.3, 0.4) is 0 Å². The summed E-state index contributed by atoms with van der Waals surface area (Å²) in [5.74, 6) is -0.591. The minimum absolute atomic E-state index is 0.0841. The molecule has 1 saturated heterocycles. The van der Waals surface area contributed by atoms with Crippen molar-refractivity contribution in [2.24, 2.45) is 0 Å². The molecule has 0 atom stereocenters. The molecule has 0 bridgehead atoms. The van der Waals surface area contributed by atoms with Gasteiger partial charge in [-0.3, -0.25) is 4.79 Å². The summed E-state index contributed by atoms with van der Waals surface area (Å²) in [6.45, 7) is 3.84. The summed E-state index contributed by atoms with van der Waals surface area (Å²) in [5, 5.41) is 6.85. The molecule has 0 radical (unpaired) electrons. The number of aryl methyl sites for hydroxylation is 1. The maximum atomic E-state index is 13.2. The van der Waals surface area contributed by atoms with E-state index in [2.05, 4.69) is 20.3 Å². The Kier molecular flexibility index (Phi) is 6.04. The number of nitrogens with zero attached hydrogens (tertiary/aromatic N) is 5. The Morgan fingerprint density at radius 2 is 1.75 bits per heavy atom. The summed E-state index contributed by atoms with van der Waals surface area (Å²) in [5.41, 5.74) is 0.886. The molecule has 1 fully saturated rings. The predicted molar refractivity (Wildman–Crippen MR) is 117 cm³/mol. The van der Waals surface area contributed by atoms with E-state index in [4.69, 9.17) is 0 Å². The Hall–Kier alpha value is -3.15. The molecule has 1 aliphatic heterocycles. The maximum absolute atomic E-state index is 13.2. The molecular formula is C21H23FN6O3S. The third kappa shape index (κ3) is 4.54. The monoisotopic (exact) mass is 458 g/mol. The van der Waals surface area contributed by atoms with Crippen LogP contribution in [0.15, 0.2) is 53.4 Å². The molecule has 11 heteroatoms. The van der Waals surface area contributed by atoms with Crippen LogP contribution < -0.4 is 5.32 Å². The Labute approximate surface area is 185 Å². The molecule has 1 N–H and O–H groups in total. The van der Waals surface area contributed by atoms with Gasteiger partial charge in [-0.25, -0.2) is 22.5 Å². The molecule has 1 aliphatic rings. The molecule has 3 aromatic rings. The fourth-order valence-corrected chi connectivity index (χ4v) is 4.88. The van der Waals surface area contributed by atoms with Gasteiger partial charge in [0.1, 0.15) is 11.6 Å². The molecule has 0 spiro atoms. The summed E-state index contributed by atoms with van der Waals surface area (Å²) in [6.07, 6.45) is 0. The topological polar surface area (TPSA) is 100 Å². The lowest BCUT2D eigenvalue weighted by molar-refractivity contribution is 0.101. The minimum Gasteiger partial charge on any atom is -0.319 e. The Morgan fingerprint density at radius 3 is 2.44 bits per heavy atom. The van der Waals surface area contributed by atoms with Crippen LogP contribution in [0, 0.1) is 12.7 Å². The van der Waals surface area contributed by atoms with Crippen molar-refractivity contribution in [2.75, 3.05) is 38.5 Å². The zero-order chi connectivity index (χ0) is 22.9. The van der Waals surface area contributed by atoms with Crippen LogP contribution in [0.4, 0.5) is 10.1 Å². The normalized spacial score (nSPS) is 15.6. The van der Waals surface area contributed by atoms with Crippen LogP contribution in [0.25, 0.3) is 5.69 Å². The standard InChI is InChI=1S/C21H23FN6O3S/c1-15-23-20(25-28(15)18-8-6-16(22)7-9-18)21(29)24-17-4-3-5-19(14-17)32(30,31)27-12-10-26(2)11-13-27/h3-9,14H,10-13H2,1-2H3,(H,24,29). The van der Waals surface area contributed by atoms with E-state index in [-0.39, 0.29) is 16.5 Å². The first kappa shape index (κ1) is 22.1. The summed E-state index contributed by atoms with van der Waals surface area (Å²) in [7, 11) is -1.71.